The Balaban J connectivity index is 1.79. The van der Waals surface area contributed by atoms with Gasteiger partial charge in [0, 0.05) is 22.7 Å². The maximum atomic E-state index is 13.6. The van der Waals surface area contributed by atoms with Gasteiger partial charge in [-0.1, -0.05) is 23.2 Å². The number of rotatable bonds is 5. The molecule has 3 rings (SSSR count). The lowest BCUT2D eigenvalue weighted by Crippen LogP contribution is -2.35. The third-order valence-corrected chi connectivity index (χ3v) is 4.93. The molecule has 0 heterocycles. The van der Waals surface area contributed by atoms with Gasteiger partial charge in [-0.25, -0.2) is 4.39 Å². The second-order valence-electron chi connectivity index (χ2n) is 5.85. The number of hydrogen-bond acceptors (Lipinski definition) is 1. The fraction of sp³-hybridized carbons (Fsp3) is 0.600. The zero-order valence-electron chi connectivity index (χ0n) is 10.9. The van der Waals surface area contributed by atoms with Gasteiger partial charge in [0.2, 0.25) is 0 Å². The van der Waals surface area contributed by atoms with Crippen molar-refractivity contribution < 1.29 is 4.39 Å². The van der Waals surface area contributed by atoms with E-state index in [-0.39, 0.29) is 11.1 Å². The van der Waals surface area contributed by atoms with Crippen molar-refractivity contribution in [1.29, 1.82) is 0 Å². The zero-order chi connectivity index (χ0) is 13.6. The highest BCUT2D eigenvalue weighted by molar-refractivity contribution is 6.36. The van der Waals surface area contributed by atoms with Crippen molar-refractivity contribution in [3.05, 3.63) is 33.6 Å². The Kier molecular flexibility index (Phi) is 3.76. The Morgan fingerprint density at radius 1 is 1.16 bits per heavy atom. The Morgan fingerprint density at radius 3 is 2.26 bits per heavy atom. The fourth-order valence-electron chi connectivity index (χ4n) is 2.88. The van der Waals surface area contributed by atoms with Crippen LogP contribution < -0.4 is 5.32 Å². The lowest BCUT2D eigenvalue weighted by molar-refractivity contribution is 0.377. The molecule has 2 fully saturated rings. The molecule has 1 aromatic carbocycles. The van der Waals surface area contributed by atoms with Crippen molar-refractivity contribution in [3.63, 3.8) is 0 Å². The number of nitrogens with one attached hydrogen (secondary N) is 1. The average molecular weight is 302 g/mol. The van der Waals surface area contributed by atoms with Gasteiger partial charge in [-0.2, -0.15) is 0 Å². The molecule has 19 heavy (non-hydrogen) atoms. The summed E-state index contributed by atoms with van der Waals surface area (Å²) in [4.78, 5) is 0. The molecular formula is C15H18Cl2FN. The third-order valence-electron chi connectivity index (χ3n) is 4.21. The lowest BCUT2D eigenvalue weighted by atomic mass is 10.0. The molecule has 1 aromatic rings. The van der Waals surface area contributed by atoms with Crippen LogP contribution in [0.2, 0.25) is 10.0 Å². The van der Waals surface area contributed by atoms with Crippen LogP contribution in [0.5, 0.6) is 0 Å². The van der Waals surface area contributed by atoms with Crippen LogP contribution in [0.25, 0.3) is 0 Å². The van der Waals surface area contributed by atoms with Crippen molar-refractivity contribution in [3.8, 4) is 0 Å². The predicted octanol–water partition coefficient (Wildman–Crippen LogP) is 4.97. The molecule has 0 spiro atoms. The molecule has 0 saturated heterocycles. The van der Waals surface area contributed by atoms with E-state index in [1.54, 1.807) is 6.07 Å². The van der Waals surface area contributed by atoms with Gasteiger partial charge in [0.25, 0.3) is 0 Å². The smallest absolute Gasteiger partial charge is 0.142 e. The molecule has 1 unspecified atom stereocenters. The quantitative estimate of drug-likeness (QED) is 0.757. The molecule has 0 aliphatic heterocycles. The molecule has 2 aliphatic rings. The highest BCUT2D eigenvalue weighted by atomic mass is 35.5. The van der Waals surface area contributed by atoms with E-state index in [4.69, 9.17) is 23.2 Å². The fourth-order valence-corrected chi connectivity index (χ4v) is 3.58. The van der Waals surface area contributed by atoms with Crippen LogP contribution in [0.15, 0.2) is 12.1 Å². The van der Waals surface area contributed by atoms with E-state index in [1.807, 2.05) is 6.92 Å². The van der Waals surface area contributed by atoms with Crippen molar-refractivity contribution in [2.24, 2.45) is 11.8 Å². The minimum absolute atomic E-state index is 0.0121. The van der Waals surface area contributed by atoms with E-state index in [0.29, 0.717) is 16.6 Å². The van der Waals surface area contributed by atoms with Crippen LogP contribution in [0.1, 0.15) is 44.2 Å². The van der Waals surface area contributed by atoms with Crippen LogP contribution in [-0.4, -0.2) is 6.04 Å². The molecular weight excluding hydrogens is 284 g/mol. The second-order valence-corrected chi connectivity index (χ2v) is 6.63. The van der Waals surface area contributed by atoms with E-state index in [9.17, 15) is 4.39 Å². The molecule has 4 heteroatoms. The number of benzene rings is 1. The van der Waals surface area contributed by atoms with Gasteiger partial charge >= 0.3 is 0 Å². The van der Waals surface area contributed by atoms with Gasteiger partial charge in [0.15, 0.2) is 0 Å². The first-order valence-corrected chi connectivity index (χ1v) is 7.73. The summed E-state index contributed by atoms with van der Waals surface area (Å²) in [6.45, 7) is 2.02. The van der Waals surface area contributed by atoms with Gasteiger partial charge < -0.3 is 5.32 Å². The average Bonchev–Trinajstić information content (AvgIpc) is 3.25. The Labute approximate surface area is 123 Å². The maximum absolute atomic E-state index is 13.6. The van der Waals surface area contributed by atoms with Crippen molar-refractivity contribution >= 4 is 23.2 Å². The predicted molar refractivity (Wildman–Crippen MR) is 77.2 cm³/mol. The molecule has 0 amide bonds. The summed E-state index contributed by atoms with van der Waals surface area (Å²) in [6, 6.07) is 3.44. The molecule has 0 bridgehead atoms. The Hall–Kier alpha value is -0.310. The molecule has 2 aliphatic carbocycles. The van der Waals surface area contributed by atoms with Crippen LogP contribution in [-0.2, 0) is 0 Å². The molecule has 104 valence electrons. The lowest BCUT2D eigenvalue weighted by Gasteiger charge is -2.25. The third kappa shape index (κ3) is 2.91. The van der Waals surface area contributed by atoms with Crippen LogP contribution in [0, 0.1) is 17.7 Å². The minimum Gasteiger partial charge on any atom is -0.307 e. The molecule has 2 saturated carbocycles. The minimum atomic E-state index is -0.399. The molecule has 1 N–H and O–H groups in total. The van der Waals surface area contributed by atoms with E-state index in [2.05, 4.69) is 5.32 Å². The second kappa shape index (κ2) is 5.23. The van der Waals surface area contributed by atoms with Crippen molar-refractivity contribution in [2.75, 3.05) is 0 Å². The van der Waals surface area contributed by atoms with Crippen LogP contribution in [0.3, 0.4) is 0 Å². The molecule has 0 aromatic heterocycles. The summed E-state index contributed by atoms with van der Waals surface area (Å²) in [5.74, 6) is 1.19. The molecule has 0 radical (unpaired) electrons. The zero-order valence-corrected chi connectivity index (χ0v) is 12.4. The Bertz CT molecular complexity index is 471. The van der Waals surface area contributed by atoms with E-state index in [0.717, 1.165) is 11.8 Å². The van der Waals surface area contributed by atoms with E-state index >= 15 is 0 Å². The summed E-state index contributed by atoms with van der Waals surface area (Å²) in [7, 11) is 0. The first-order chi connectivity index (χ1) is 9.08. The van der Waals surface area contributed by atoms with Gasteiger partial charge in [-0.3, -0.25) is 0 Å². The number of hydrogen-bond donors (Lipinski definition) is 1. The highest BCUT2D eigenvalue weighted by Crippen LogP contribution is 2.46. The van der Waals surface area contributed by atoms with Gasteiger partial charge in [-0.15, -0.1) is 0 Å². The SMILES string of the molecule is CC(NC(C1CC1)C1CC1)c1c(Cl)ccc(F)c1Cl. The van der Waals surface area contributed by atoms with Crippen LogP contribution >= 0.6 is 23.2 Å². The normalized spacial score (nSPS) is 20.9. The highest BCUT2D eigenvalue weighted by Gasteiger charge is 2.42. The largest absolute Gasteiger partial charge is 0.307 e. The summed E-state index contributed by atoms with van der Waals surface area (Å²) in [5, 5.41) is 4.32. The van der Waals surface area contributed by atoms with Gasteiger partial charge in [0.1, 0.15) is 5.82 Å². The molecule has 1 nitrogen and oxygen atoms in total. The standard InChI is InChI=1S/C15H18Cl2FN/c1-8(13-11(16)6-7-12(18)14(13)17)19-15(9-2-3-9)10-4-5-10/h6-10,15,19H,2-5H2,1H3. The van der Waals surface area contributed by atoms with Crippen molar-refractivity contribution in [1.82, 2.24) is 5.32 Å². The first kappa shape index (κ1) is 13.7. The summed E-state index contributed by atoms with van der Waals surface area (Å²) in [5.41, 5.74) is 0.689. The van der Waals surface area contributed by atoms with Crippen LogP contribution in [0.4, 0.5) is 4.39 Å². The Morgan fingerprint density at radius 2 is 1.74 bits per heavy atom. The van der Waals surface area contributed by atoms with Gasteiger partial charge in [-0.05, 0) is 56.6 Å². The van der Waals surface area contributed by atoms with Gasteiger partial charge in [0.05, 0.1) is 5.02 Å². The van der Waals surface area contributed by atoms with E-state index < -0.39 is 5.82 Å². The monoisotopic (exact) mass is 301 g/mol. The summed E-state index contributed by atoms with van der Waals surface area (Å²) in [6.07, 6.45) is 5.24. The number of halogens is 3. The van der Waals surface area contributed by atoms with E-state index in [1.165, 1.54) is 31.7 Å². The molecule has 1 atom stereocenters. The van der Waals surface area contributed by atoms with Crippen molar-refractivity contribution in [2.45, 2.75) is 44.7 Å². The first-order valence-electron chi connectivity index (χ1n) is 6.97. The summed E-state index contributed by atoms with van der Waals surface area (Å²) >= 11 is 12.2. The topological polar surface area (TPSA) is 12.0 Å². The maximum Gasteiger partial charge on any atom is 0.142 e. The summed E-state index contributed by atoms with van der Waals surface area (Å²) < 4.78 is 13.6.